The van der Waals surface area contributed by atoms with Crippen LogP contribution >= 0.6 is 11.6 Å². The summed E-state index contributed by atoms with van der Waals surface area (Å²) < 4.78 is 42.4. The number of halogens is 4. The van der Waals surface area contributed by atoms with Crippen molar-refractivity contribution < 1.29 is 22.7 Å². The number of nitrogens with zero attached hydrogens (tertiary/aromatic N) is 1. The first-order valence-electron chi connectivity index (χ1n) is 4.71. The largest absolute Gasteiger partial charge is 0.466 e. The molecule has 0 N–H and O–H groups in total. The molecule has 0 saturated carbocycles. The van der Waals surface area contributed by atoms with E-state index in [-0.39, 0.29) is 17.2 Å². The van der Waals surface area contributed by atoms with E-state index in [0.29, 0.717) is 6.20 Å². The highest BCUT2D eigenvalue weighted by molar-refractivity contribution is 6.31. The smallest absolute Gasteiger partial charge is 0.418 e. The normalized spacial score (nSPS) is 11.4. The molecule has 0 aliphatic carbocycles. The summed E-state index contributed by atoms with van der Waals surface area (Å²) in [5, 5.41) is -0.201. The van der Waals surface area contributed by atoms with Gasteiger partial charge in [0.05, 0.1) is 23.6 Å². The van der Waals surface area contributed by atoms with Crippen molar-refractivity contribution in [3.05, 3.63) is 28.5 Å². The van der Waals surface area contributed by atoms with Crippen LogP contribution in [0.4, 0.5) is 13.2 Å². The molecule has 1 aromatic rings. The molecule has 0 aliphatic heterocycles. The van der Waals surface area contributed by atoms with E-state index in [1.807, 2.05) is 0 Å². The molecule has 7 heteroatoms. The van der Waals surface area contributed by atoms with Crippen LogP contribution in [-0.2, 0) is 22.1 Å². The van der Waals surface area contributed by atoms with E-state index in [4.69, 9.17) is 11.6 Å². The van der Waals surface area contributed by atoms with Gasteiger partial charge in [0.2, 0.25) is 0 Å². The first kappa shape index (κ1) is 13.8. The summed E-state index contributed by atoms with van der Waals surface area (Å²) in [6.07, 6.45) is -3.42. The molecule has 1 aromatic heterocycles. The molecule has 0 fully saturated rings. The van der Waals surface area contributed by atoms with Gasteiger partial charge in [0, 0.05) is 12.4 Å². The van der Waals surface area contributed by atoms with Gasteiger partial charge in [-0.2, -0.15) is 13.2 Å². The number of rotatable bonds is 3. The minimum Gasteiger partial charge on any atom is -0.466 e. The van der Waals surface area contributed by atoms with E-state index in [2.05, 4.69) is 9.72 Å². The molecule has 0 spiro atoms. The molecule has 94 valence electrons. The Morgan fingerprint density at radius 1 is 1.47 bits per heavy atom. The van der Waals surface area contributed by atoms with Crippen LogP contribution in [-0.4, -0.2) is 17.6 Å². The van der Waals surface area contributed by atoms with E-state index in [9.17, 15) is 18.0 Å². The third-order valence-corrected chi connectivity index (χ3v) is 2.26. The Kier molecular flexibility index (Phi) is 4.34. The van der Waals surface area contributed by atoms with E-state index < -0.39 is 24.1 Å². The van der Waals surface area contributed by atoms with Crippen LogP contribution in [0, 0.1) is 0 Å². The third kappa shape index (κ3) is 3.59. The van der Waals surface area contributed by atoms with Gasteiger partial charge in [-0.05, 0) is 12.5 Å². The highest BCUT2D eigenvalue weighted by Gasteiger charge is 2.35. The van der Waals surface area contributed by atoms with Gasteiger partial charge in [-0.1, -0.05) is 11.6 Å². The molecule has 17 heavy (non-hydrogen) atoms. The Labute approximate surface area is 101 Å². The van der Waals surface area contributed by atoms with Crippen molar-refractivity contribution in [1.82, 2.24) is 4.98 Å². The van der Waals surface area contributed by atoms with Crippen molar-refractivity contribution in [1.29, 1.82) is 0 Å². The number of alkyl halides is 3. The minimum absolute atomic E-state index is 0.100. The van der Waals surface area contributed by atoms with E-state index in [0.717, 1.165) is 6.20 Å². The monoisotopic (exact) mass is 267 g/mol. The predicted molar refractivity (Wildman–Crippen MR) is 54.6 cm³/mol. The summed E-state index contributed by atoms with van der Waals surface area (Å²) in [7, 11) is 0. The zero-order chi connectivity index (χ0) is 13.1. The topological polar surface area (TPSA) is 39.2 Å². The van der Waals surface area contributed by atoms with Crippen LogP contribution in [0.1, 0.15) is 18.1 Å². The Bertz CT molecular complexity index is 421. The average molecular weight is 268 g/mol. The van der Waals surface area contributed by atoms with Crippen LogP contribution in [0.3, 0.4) is 0 Å². The molecule has 0 aliphatic rings. The predicted octanol–water partition coefficient (Wildman–Crippen LogP) is 2.86. The number of carbonyl (C=O) groups is 1. The molecule has 1 rings (SSSR count). The Morgan fingerprint density at radius 2 is 2.12 bits per heavy atom. The van der Waals surface area contributed by atoms with Crippen LogP contribution in [0.2, 0.25) is 5.02 Å². The number of aromatic nitrogens is 1. The van der Waals surface area contributed by atoms with Gasteiger partial charge in [-0.3, -0.25) is 9.78 Å². The van der Waals surface area contributed by atoms with Crippen LogP contribution in [0.5, 0.6) is 0 Å². The zero-order valence-corrected chi connectivity index (χ0v) is 9.60. The van der Waals surface area contributed by atoms with Crippen molar-refractivity contribution in [3.63, 3.8) is 0 Å². The van der Waals surface area contributed by atoms with Gasteiger partial charge in [0.15, 0.2) is 0 Å². The van der Waals surface area contributed by atoms with E-state index >= 15 is 0 Å². The van der Waals surface area contributed by atoms with Crippen LogP contribution in [0.15, 0.2) is 12.4 Å². The van der Waals surface area contributed by atoms with Crippen molar-refractivity contribution >= 4 is 17.6 Å². The first-order chi connectivity index (χ1) is 7.86. The fraction of sp³-hybridized carbons (Fsp3) is 0.400. The summed E-state index contributed by atoms with van der Waals surface area (Å²) in [6, 6.07) is 0. The Balaban J connectivity index is 3.09. The summed E-state index contributed by atoms with van der Waals surface area (Å²) >= 11 is 5.61. The second-order valence-corrected chi connectivity index (χ2v) is 3.53. The first-order valence-corrected chi connectivity index (χ1v) is 5.09. The lowest BCUT2D eigenvalue weighted by Crippen LogP contribution is -2.15. The number of hydrogen-bond donors (Lipinski definition) is 0. The molecule has 0 unspecified atom stereocenters. The molecule has 0 radical (unpaired) electrons. The lowest BCUT2D eigenvalue weighted by atomic mass is 10.1. The molecule has 3 nitrogen and oxygen atoms in total. The highest BCUT2D eigenvalue weighted by Crippen LogP contribution is 2.34. The molecule has 0 bridgehead atoms. The lowest BCUT2D eigenvalue weighted by molar-refractivity contribution is -0.143. The number of carbonyl (C=O) groups excluding carboxylic acids is 1. The maximum absolute atomic E-state index is 12.6. The maximum atomic E-state index is 12.6. The second kappa shape index (κ2) is 5.35. The van der Waals surface area contributed by atoms with Gasteiger partial charge in [-0.25, -0.2) is 0 Å². The van der Waals surface area contributed by atoms with Crippen molar-refractivity contribution in [2.24, 2.45) is 0 Å². The quantitative estimate of drug-likeness (QED) is 0.791. The standard InChI is InChI=1S/C10H9ClF3NO2/c1-2-17-9(16)3-6-7(10(12,13)14)4-15-5-8(6)11/h4-5H,2-3H2,1H3. The summed E-state index contributed by atoms with van der Waals surface area (Å²) in [4.78, 5) is 14.5. The summed E-state index contributed by atoms with van der Waals surface area (Å²) in [6.45, 7) is 1.67. The minimum atomic E-state index is -4.60. The molecule has 1 heterocycles. The van der Waals surface area contributed by atoms with Crippen molar-refractivity contribution in [2.75, 3.05) is 6.61 Å². The SMILES string of the molecule is CCOC(=O)Cc1c(Cl)cncc1C(F)(F)F. The molecular formula is C10H9ClF3NO2. The van der Waals surface area contributed by atoms with Gasteiger partial charge in [0.1, 0.15) is 0 Å². The molecule has 0 amide bonds. The molecule has 0 aromatic carbocycles. The Hall–Kier alpha value is -1.30. The maximum Gasteiger partial charge on any atom is 0.418 e. The van der Waals surface area contributed by atoms with Gasteiger partial charge in [-0.15, -0.1) is 0 Å². The fourth-order valence-electron chi connectivity index (χ4n) is 1.24. The number of esters is 1. The highest BCUT2D eigenvalue weighted by atomic mass is 35.5. The summed E-state index contributed by atoms with van der Waals surface area (Å²) in [5.74, 6) is -0.758. The van der Waals surface area contributed by atoms with E-state index in [1.165, 1.54) is 0 Å². The van der Waals surface area contributed by atoms with Crippen LogP contribution in [0.25, 0.3) is 0 Å². The molecule has 0 atom stereocenters. The van der Waals surface area contributed by atoms with Gasteiger partial charge in [0.25, 0.3) is 0 Å². The fourth-order valence-corrected chi connectivity index (χ4v) is 1.47. The third-order valence-electron chi connectivity index (χ3n) is 1.94. The lowest BCUT2D eigenvalue weighted by Gasteiger charge is -2.12. The van der Waals surface area contributed by atoms with Crippen LogP contribution < -0.4 is 0 Å². The Morgan fingerprint density at radius 3 is 2.65 bits per heavy atom. The number of ether oxygens (including phenoxy) is 1. The van der Waals surface area contributed by atoms with Crippen molar-refractivity contribution in [3.8, 4) is 0 Å². The zero-order valence-electron chi connectivity index (χ0n) is 8.84. The number of hydrogen-bond acceptors (Lipinski definition) is 3. The average Bonchev–Trinajstić information content (AvgIpc) is 2.19. The van der Waals surface area contributed by atoms with Crippen molar-refractivity contribution in [2.45, 2.75) is 19.5 Å². The molecular weight excluding hydrogens is 259 g/mol. The second-order valence-electron chi connectivity index (χ2n) is 3.13. The van der Waals surface area contributed by atoms with E-state index in [1.54, 1.807) is 6.92 Å². The van der Waals surface area contributed by atoms with Gasteiger partial charge < -0.3 is 4.74 Å². The molecule has 0 saturated heterocycles. The summed E-state index contributed by atoms with van der Waals surface area (Å²) in [5.41, 5.74) is -1.33. The van der Waals surface area contributed by atoms with Gasteiger partial charge >= 0.3 is 12.1 Å². The number of pyridine rings is 1.